The standard InChI is InChI=1S/C23H25N7O/c1-16(13-19(22(24)25-2)17-5-7-26-8-6-17)18-3-4-21(30-9-11-31-12-10-30)20(14-18)23-27-15-28-29-23/h3-8,13-15H,2,9-12,24H2,1H3,(H,27,28,29)/b16-13+,22-19+. The molecule has 3 N–H and O–H groups in total. The van der Waals surface area contributed by atoms with E-state index in [-0.39, 0.29) is 0 Å². The molecule has 0 atom stereocenters. The van der Waals surface area contributed by atoms with Gasteiger partial charge < -0.3 is 20.4 Å². The molecule has 1 aliphatic rings. The number of rotatable bonds is 6. The average Bonchev–Trinajstić information content (AvgIpc) is 3.37. The van der Waals surface area contributed by atoms with Crippen molar-refractivity contribution in [1.29, 1.82) is 0 Å². The molecule has 3 heterocycles. The van der Waals surface area contributed by atoms with Crippen molar-refractivity contribution in [3.63, 3.8) is 0 Å². The Bertz CT molecular complexity index is 1100. The molecule has 3 aromatic rings. The van der Waals surface area contributed by atoms with Crippen LogP contribution in [0.25, 0.3) is 22.5 Å². The van der Waals surface area contributed by atoms with Crippen LogP contribution in [0.15, 0.2) is 65.9 Å². The van der Waals surface area contributed by atoms with Gasteiger partial charge in [-0.1, -0.05) is 6.07 Å². The molecular weight excluding hydrogens is 390 g/mol. The average molecular weight is 416 g/mol. The van der Waals surface area contributed by atoms with Crippen LogP contribution in [0.1, 0.15) is 18.1 Å². The minimum absolute atomic E-state index is 0.367. The molecule has 1 saturated heterocycles. The first-order valence-corrected chi connectivity index (χ1v) is 10.1. The summed E-state index contributed by atoms with van der Waals surface area (Å²) in [6, 6.07) is 10.2. The van der Waals surface area contributed by atoms with Crippen molar-refractivity contribution in [3.05, 3.63) is 72.1 Å². The number of benzene rings is 1. The number of allylic oxidation sites excluding steroid dienone is 3. The van der Waals surface area contributed by atoms with Crippen LogP contribution in [0.5, 0.6) is 0 Å². The van der Waals surface area contributed by atoms with Crippen LogP contribution < -0.4 is 10.6 Å². The number of pyridine rings is 1. The Morgan fingerprint density at radius 2 is 1.97 bits per heavy atom. The fourth-order valence-corrected chi connectivity index (χ4v) is 3.61. The van der Waals surface area contributed by atoms with Crippen LogP contribution in [0, 0.1) is 0 Å². The highest BCUT2D eigenvalue weighted by Crippen LogP contribution is 2.33. The normalized spacial score (nSPS) is 15.5. The van der Waals surface area contributed by atoms with Gasteiger partial charge in [-0.05, 0) is 60.7 Å². The van der Waals surface area contributed by atoms with Crippen molar-refractivity contribution < 1.29 is 4.74 Å². The Morgan fingerprint density at radius 1 is 1.19 bits per heavy atom. The lowest BCUT2D eigenvalue weighted by molar-refractivity contribution is 0.123. The first-order chi connectivity index (χ1) is 15.2. The summed E-state index contributed by atoms with van der Waals surface area (Å²) in [6.45, 7) is 8.74. The van der Waals surface area contributed by atoms with Gasteiger partial charge in [0.15, 0.2) is 5.82 Å². The maximum Gasteiger partial charge on any atom is 0.163 e. The summed E-state index contributed by atoms with van der Waals surface area (Å²) in [4.78, 5) is 13.5. The summed E-state index contributed by atoms with van der Waals surface area (Å²) >= 11 is 0. The number of morpholine rings is 1. The number of nitrogens with zero attached hydrogens (tertiary/aromatic N) is 5. The number of aromatic amines is 1. The second-order valence-electron chi connectivity index (χ2n) is 7.19. The third-order valence-electron chi connectivity index (χ3n) is 5.27. The summed E-state index contributed by atoms with van der Waals surface area (Å²) < 4.78 is 5.51. The van der Waals surface area contributed by atoms with Gasteiger partial charge in [0.2, 0.25) is 0 Å². The zero-order valence-corrected chi connectivity index (χ0v) is 17.5. The van der Waals surface area contributed by atoms with Gasteiger partial charge >= 0.3 is 0 Å². The molecule has 2 aromatic heterocycles. The van der Waals surface area contributed by atoms with E-state index in [1.54, 1.807) is 18.7 Å². The zero-order chi connectivity index (χ0) is 21.6. The van der Waals surface area contributed by atoms with E-state index in [9.17, 15) is 0 Å². The molecule has 8 nitrogen and oxygen atoms in total. The molecule has 1 aromatic carbocycles. The quantitative estimate of drug-likeness (QED) is 0.473. The van der Waals surface area contributed by atoms with Crippen molar-refractivity contribution >= 4 is 23.6 Å². The third-order valence-corrected chi connectivity index (χ3v) is 5.27. The first-order valence-electron chi connectivity index (χ1n) is 10.1. The Balaban J connectivity index is 1.76. The molecule has 0 saturated carbocycles. The van der Waals surface area contributed by atoms with Gasteiger partial charge in [0, 0.05) is 42.3 Å². The molecule has 0 bridgehead atoms. The molecule has 1 fully saturated rings. The number of nitrogens with two attached hydrogens (primary N) is 1. The molecule has 0 amide bonds. The van der Waals surface area contributed by atoms with Gasteiger partial charge in [-0.3, -0.25) is 4.98 Å². The fourth-order valence-electron chi connectivity index (χ4n) is 3.61. The lowest BCUT2D eigenvalue weighted by Gasteiger charge is -2.30. The van der Waals surface area contributed by atoms with E-state index in [2.05, 4.69) is 55.0 Å². The summed E-state index contributed by atoms with van der Waals surface area (Å²) in [5, 5.41) is 8.22. The summed E-state index contributed by atoms with van der Waals surface area (Å²) in [5.41, 5.74) is 12.1. The van der Waals surface area contributed by atoms with E-state index in [1.807, 2.05) is 25.1 Å². The molecule has 0 radical (unpaired) electrons. The van der Waals surface area contributed by atoms with E-state index in [0.29, 0.717) is 19.0 Å². The molecule has 0 spiro atoms. The monoisotopic (exact) mass is 415 g/mol. The van der Waals surface area contributed by atoms with Gasteiger partial charge in [-0.25, -0.2) is 4.99 Å². The van der Waals surface area contributed by atoms with Crippen molar-refractivity contribution in [2.24, 2.45) is 10.7 Å². The Morgan fingerprint density at radius 3 is 2.65 bits per heavy atom. The second-order valence-corrected chi connectivity index (χ2v) is 7.19. The molecule has 0 unspecified atom stereocenters. The van der Waals surface area contributed by atoms with Crippen LogP contribution in [0.2, 0.25) is 0 Å². The van der Waals surface area contributed by atoms with E-state index < -0.39 is 0 Å². The Labute approximate surface area is 181 Å². The van der Waals surface area contributed by atoms with E-state index in [0.717, 1.165) is 52.4 Å². The molecule has 0 aliphatic carbocycles. The Hall–Kier alpha value is -3.78. The van der Waals surface area contributed by atoms with Gasteiger partial charge in [-0.2, -0.15) is 0 Å². The van der Waals surface area contributed by atoms with Gasteiger partial charge in [0.1, 0.15) is 12.1 Å². The van der Waals surface area contributed by atoms with Gasteiger partial charge in [-0.15, -0.1) is 10.2 Å². The number of hydrogen-bond acceptors (Lipinski definition) is 7. The maximum absolute atomic E-state index is 6.15. The highest BCUT2D eigenvalue weighted by atomic mass is 16.5. The van der Waals surface area contributed by atoms with Crippen molar-refractivity contribution in [3.8, 4) is 11.4 Å². The SMILES string of the molecule is C=N/C(N)=C(\C=C(/C)c1ccc(N2CCOCC2)c(-c2nnc[nH]2)c1)c1ccncc1. The number of nitrogens with one attached hydrogen (secondary N) is 1. The number of aromatic nitrogens is 4. The minimum atomic E-state index is 0.367. The maximum atomic E-state index is 6.15. The number of anilines is 1. The van der Waals surface area contributed by atoms with Gasteiger partial charge in [0.05, 0.1) is 13.2 Å². The van der Waals surface area contributed by atoms with Crippen LogP contribution in [0.3, 0.4) is 0 Å². The topological polar surface area (TPSA) is 105 Å². The van der Waals surface area contributed by atoms with Gasteiger partial charge in [0.25, 0.3) is 0 Å². The summed E-state index contributed by atoms with van der Waals surface area (Å²) in [6.07, 6.45) is 7.07. The highest BCUT2D eigenvalue weighted by Gasteiger charge is 2.18. The minimum Gasteiger partial charge on any atom is -0.383 e. The molecule has 4 rings (SSSR count). The first kappa shape index (κ1) is 20.5. The predicted molar refractivity (Wildman–Crippen MR) is 123 cm³/mol. The van der Waals surface area contributed by atoms with Crippen LogP contribution in [-0.4, -0.2) is 53.2 Å². The van der Waals surface area contributed by atoms with Crippen LogP contribution in [0.4, 0.5) is 5.69 Å². The predicted octanol–water partition coefficient (Wildman–Crippen LogP) is 3.13. The van der Waals surface area contributed by atoms with Crippen molar-refractivity contribution in [1.82, 2.24) is 20.2 Å². The lowest BCUT2D eigenvalue weighted by Crippen LogP contribution is -2.36. The number of hydrogen-bond donors (Lipinski definition) is 2. The van der Waals surface area contributed by atoms with E-state index in [1.165, 1.54) is 0 Å². The lowest BCUT2D eigenvalue weighted by atomic mass is 9.97. The fraction of sp³-hybridized carbons (Fsp3) is 0.217. The largest absolute Gasteiger partial charge is 0.383 e. The smallest absolute Gasteiger partial charge is 0.163 e. The molecule has 31 heavy (non-hydrogen) atoms. The van der Waals surface area contributed by atoms with Crippen LogP contribution >= 0.6 is 0 Å². The second kappa shape index (κ2) is 9.36. The van der Waals surface area contributed by atoms with Crippen molar-refractivity contribution in [2.75, 3.05) is 31.2 Å². The number of ether oxygens (including phenoxy) is 1. The molecule has 1 aliphatic heterocycles. The summed E-state index contributed by atoms with van der Waals surface area (Å²) in [7, 11) is 0. The number of H-pyrrole nitrogens is 1. The summed E-state index contributed by atoms with van der Waals surface area (Å²) in [5.74, 6) is 1.10. The van der Waals surface area contributed by atoms with E-state index in [4.69, 9.17) is 10.5 Å². The molecule has 8 heteroatoms. The molecule has 158 valence electrons. The third kappa shape index (κ3) is 4.54. The van der Waals surface area contributed by atoms with Crippen LogP contribution in [-0.2, 0) is 4.74 Å². The zero-order valence-electron chi connectivity index (χ0n) is 17.5. The van der Waals surface area contributed by atoms with Crippen molar-refractivity contribution in [2.45, 2.75) is 6.92 Å². The Kier molecular flexibility index (Phi) is 6.18. The number of aliphatic imine (C=N–C) groups is 1. The molecular formula is C23H25N7O. The van der Waals surface area contributed by atoms with E-state index >= 15 is 0 Å². The highest BCUT2D eigenvalue weighted by molar-refractivity contribution is 5.87.